The second-order valence-electron chi connectivity index (χ2n) is 2.87. The summed E-state index contributed by atoms with van der Waals surface area (Å²) in [6.07, 6.45) is 6.19. The Hall–Kier alpha value is -0.370. The van der Waals surface area contributed by atoms with Crippen molar-refractivity contribution in [2.75, 3.05) is 0 Å². The molecular formula is C9H12BrN. The fraction of sp³-hybridized carbons (Fsp3) is 0.444. The molecule has 0 saturated carbocycles. The number of aliphatic imine (C=N–C) groups is 1. The van der Waals surface area contributed by atoms with E-state index in [-0.39, 0.29) is 0 Å². The molecule has 0 aromatic carbocycles. The summed E-state index contributed by atoms with van der Waals surface area (Å²) in [6.45, 7) is 4.21. The van der Waals surface area contributed by atoms with Crippen LogP contribution in [0.4, 0.5) is 0 Å². The zero-order valence-corrected chi connectivity index (χ0v) is 8.48. The number of hydrogen-bond acceptors (Lipinski definition) is 1. The van der Waals surface area contributed by atoms with Crippen molar-refractivity contribution in [3.8, 4) is 0 Å². The molecule has 2 heteroatoms. The van der Waals surface area contributed by atoms with Gasteiger partial charge in [-0.1, -0.05) is 5.57 Å². The van der Waals surface area contributed by atoms with Crippen molar-refractivity contribution in [3.05, 3.63) is 22.3 Å². The van der Waals surface area contributed by atoms with Crippen LogP contribution in [-0.4, -0.2) is 5.71 Å². The van der Waals surface area contributed by atoms with Crippen molar-refractivity contribution in [1.82, 2.24) is 0 Å². The van der Waals surface area contributed by atoms with Crippen LogP contribution < -0.4 is 0 Å². The van der Waals surface area contributed by atoms with Gasteiger partial charge in [-0.2, -0.15) is 0 Å². The molecule has 0 amide bonds. The lowest BCUT2D eigenvalue weighted by molar-refractivity contribution is 1.000. The van der Waals surface area contributed by atoms with E-state index in [1.165, 1.54) is 11.3 Å². The van der Waals surface area contributed by atoms with Crippen LogP contribution in [-0.2, 0) is 0 Å². The zero-order chi connectivity index (χ0) is 8.27. The fourth-order valence-corrected chi connectivity index (χ4v) is 1.45. The lowest BCUT2D eigenvalue weighted by Crippen LogP contribution is -1.93. The van der Waals surface area contributed by atoms with Crippen molar-refractivity contribution in [1.29, 1.82) is 0 Å². The minimum Gasteiger partial charge on any atom is -0.265 e. The molecule has 1 heterocycles. The Morgan fingerprint density at radius 3 is 2.82 bits per heavy atom. The molecule has 1 rings (SSSR count). The van der Waals surface area contributed by atoms with Gasteiger partial charge in [0.2, 0.25) is 0 Å². The van der Waals surface area contributed by atoms with E-state index in [1.54, 1.807) is 0 Å². The van der Waals surface area contributed by atoms with Gasteiger partial charge < -0.3 is 0 Å². The Balaban J connectivity index is 2.84. The van der Waals surface area contributed by atoms with Crippen molar-refractivity contribution < 1.29 is 0 Å². The predicted octanol–water partition coefficient (Wildman–Crippen LogP) is 3.42. The van der Waals surface area contributed by atoms with E-state index in [4.69, 9.17) is 0 Å². The van der Waals surface area contributed by atoms with Crippen LogP contribution in [0.3, 0.4) is 0 Å². The summed E-state index contributed by atoms with van der Waals surface area (Å²) in [7, 11) is 0. The molecule has 11 heavy (non-hydrogen) atoms. The van der Waals surface area contributed by atoms with Gasteiger partial charge in [-0.25, -0.2) is 0 Å². The highest BCUT2D eigenvalue weighted by Gasteiger charge is 1.97. The van der Waals surface area contributed by atoms with Crippen LogP contribution in [0.25, 0.3) is 0 Å². The van der Waals surface area contributed by atoms with E-state index >= 15 is 0 Å². The topological polar surface area (TPSA) is 12.4 Å². The minimum absolute atomic E-state index is 1.06. The third kappa shape index (κ3) is 3.02. The van der Waals surface area contributed by atoms with Crippen LogP contribution in [0.15, 0.2) is 27.3 Å². The first-order chi connectivity index (χ1) is 5.18. The maximum atomic E-state index is 4.26. The summed E-state index contributed by atoms with van der Waals surface area (Å²) < 4.78 is 1.06. The first-order valence-electron chi connectivity index (χ1n) is 3.74. The molecule has 0 aromatic heterocycles. The minimum atomic E-state index is 1.06. The highest BCUT2D eigenvalue weighted by Crippen LogP contribution is 2.16. The van der Waals surface area contributed by atoms with E-state index in [0.717, 1.165) is 17.3 Å². The van der Waals surface area contributed by atoms with Gasteiger partial charge in [0.15, 0.2) is 0 Å². The van der Waals surface area contributed by atoms with Crippen LogP contribution in [0.2, 0.25) is 0 Å². The van der Waals surface area contributed by atoms with Gasteiger partial charge in [-0.05, 0) is 48.7 Å². The van der Waals surface area contributed by atoms with E-state index in [1.807, 2.05) is 6.20 Å². The van der Waals surface area contributed by atoms with E-state index in [2.05, 4.69) is 40.8 Å². The quantitative estimate of drug-likeness (QED) is 0.585. The summed E-state index contributed by atoms with van der Waals surface area (Å²) >= 11 is 3.42. The predicted molar refractivity (Wildman–Crippen MR) is 53.1 cm³/mol. The molecule has 0 fully saturated rings. The average Bonchev–Trinajstić information content (AvgIpc) is 1.95. The van der Waals surface area contributed by atoms with Gasteiger partial charge >= 0.3 is 0 Å². The van der Waals surface area contributed by atoms with Gasteiger partial charge in [-0.3, -0.25) is 4.99 Å². The molecule has 0 aromatic rings. The maximum Gasteiger partial charge on any atom is 0.0409 e. The fourth-order valence-electron chi connectivity index (χ4n) is 0.959. The monoisotopic (exact) mass is 213 g/mol. The number of nitrogens with zero attached hydrogens (tertiary/aromatic N) is 1. The Kier molecular flexibility index (Phi) is 3.06. The van der Waals surface area contributed by atoms with Crippen LogP contribution in [0, 0.1) is 0 Å². The standard InChI is InChI=1S/C9H12BrN/c1-7-3-4-8(2)11-6-9(10)5-7/h5-6H,3-4H2,1-2H3/b7-5+,9-6+,11-8?. The van der Waals surface area contributed by atoms with Gasteiger partial charge in [0, 0.05) is 16.4 Å². The molecule has 0 bridgehead atoms. The largest absolute Gasteiger partial charge is 0.265 e. The molecule has 0 aliphatic carbocycles. The number of rotatable bonds is 0. The van der Waals surface area contributed by atoms with Crippen LogP contribution in [0.5, 0.6) is 0 Å². The highest BCUT2D eigenvalue weighted by molar-refractivity contribution is 9.11. The Labute approximate surface area is 76.0 Å². The van der Waals surface area contributed by atoms with Crippen molar-refractivity contribution in [2.45, 2.75) is 26.7 Å². The third-order valence-electron chi connectivity index (χ3n) is 1.67. The molecule has 0 atom stereocenters. The van der Waals surface area contributed by atoms with Crippen LogP contribution in [0.1, 0.15) is 26.7 Å². The molecule has 0 saturated heterocycles. The van der Waals surface area contributed by atoms with Gasteiger partial charge in [0.25, 0.3) is 0 Å². The summed E-state index contributed by atoms with van der Waals surface area (Å²) in [5, 5.41) is 0. The molecule has 1 nitrogen and oxygen atoms in total. The third-order valence-corrected chi connectivity index (χ3v) is 2.11. The first-order valence-corrected chi connectivity index (χ1v) is 4.54. The maximum absolute atomic E-state index is 4.26. The van der Waals surface area contributed by atoms with Crippen LogP contribution >= 0.6 is 15.9 Å². The average molecular weight is 214 g/mol. The second-order valence-corrected chi connectivity index (χ2v) is 3.78. The highest BCUT2D eigenvalue weighted by atomic mass is 79.9. The van der Waals surface area contributed by atoms with E-state index < -0.39 is 0 Å². The summed E-state index contributed by atoms with van der Waals surface area (Å²) in [6, 6.07) is 0. The molecule has 1 aliphatic rings. The van der Waals surface area contributed by atoms with E-state index in [9.17, 15) is 0 Å². The summed E-state index contributed by atoms with van der Waals surface area (Å²) in [5.41, 5.74) is 2.61. The SMILES string of the molecule is CC1=N/C=C(Br)\C=C(/C)CC1. The van der Waals surface area contributed by atoms with Crippen molar-refractivity contribution in [2.24, 2.45) is 4.99 Å². The summed E-state index contributed by atoms with van der Waals surface area (Å²) in [5.74, 6) is 0. The Morgan fingerprint density at radius 1 is 1.36 bits per heavy atom. The molecule has 0 unspecified atom stereocenters. The molecule has 0 radical (unpaired) electrons. The Morgan fingerprint density at radius 2 is 2.09 bits per heavy atom. The van der Waals surface area contributed by atoms with E-state index in [0.29, 0.717) is 0 Å². The molecule has 0 N–H and O–H groups in total. The smallest absolute Gasteiger partial charge is 0.0409 e. The zero-order valence-electron chi connectivity index (χ0n) is 6.89. The van der Waals surface area contributed by atoms with Gasteiger partial charge in [-0.15, -0.1) is 0 Å². The Bertz CT molecular complexity index is 236. The van der Waals surface area contributed by atoms with Crippen molar-refractivity contribution in [3.63, 3.8) is 0 Å². The van der Waals surface area contributed by atoms with Gasteiger partial charge in [0.05, 0.1) is 0 Å². The first kappa shape index (κ1) is 8.72. The van der Waals surface area contributed by atoms with Gasteiger partial charge in [0.1, 0.15) is 0 Å². The molecule has 60 valence electrons. The number of allylic oxidation sites excluding steroid dienone is 3. The molecule has 1 aliphatic heterocycles. The lowest BCUT2D eigenvalue weighted by Gasteiger charge is -2.03. The lowest BCUT2D eigenvalue weighted by atomic mass is 10.1. The molecule has 0 spiro atoms. The molecular weight excluding hydrogens is 202 g/mol. The number of hydrogen-bond donors (Lipinski definition) is 0. The van der Waals surface area contributed by atoms with Crippen molar-refractivity contribution >= 4 is 21.6 Å². The normalized spacial score (nSPS) is 28.8. The summed E-state index contributed by atoms with van der Waals surface area (Å²) in [4.78, 5) is 4.26. The second kappa shape index (κ2) is 3.86. The number of halogens is 1.